The van der Waals surface area contributed by atoms with Crippen molar-refractivity contribution in [2.24, 2.45) is 50.2 Å². The zero-order valence-electron chi connectivity index (χ0n) is 31.4. The minimum absolute atomic E-state index is 0.0595. The standard InChI is InChI=1S/C39H60O12/c1-21(41)49-20-34(2)14-16-39(33(47)51-31-30(45)29(44)28(43)24(19-40)50-31)17-15-36(4)22(23(39)18-34)8-9-25-35(3)12-11-27(42)38(6,32(46)48-7)26(35)10-13-37(25,36)5/h8,23-31,40,42-45H,9-20H2,1-7H3. The first kappa shape index (κ1) is 38.6. The lowest BCUT2D eigenvalue weighted by Gasteiger charge is -2.71. The molecule has 0 bridgehead atoms. The first-order valence-electron chi connectivity index (χ1n) is 18.9. The summed E-state index contributed by atoms with van der Waals surface area (Å²) in [5.41, 5.74) is -1.97. The summed E-state index contributed by atoms with van der Waals surface area (Å²) >= 11 is 0. The number of aliphatic hydroxyl groups excluding tert-OH is 5. The maximum absolute atomic E-state index is 14.6. The summed E-state index contributed by atoms with van der Waals surface area (Å²) in [5, 5.41) is 52.6. The third-order valence-corrected chi connectivity index (χ3v) is 15.9. The summed E-state index contributed by atoms with van der Waals surface area (Å²) in [6.07, 6.45) is 0.290. The second kappa shape index (κ2) is 13.0. The highest BCUT2D eigenvalue weighted by atomic mass is 16.7. The Morgan fingerprint density at radius 2 is 1.55 bits per heavy atom. The van der Waals surface area contributed by atoms with Gasteiger partial charge in [0.2, 0.25) is 6.29 Å². The molecule has 6 aliphatic rings. The van der Waals surface area contributed by atoms with Gasteiger partial charge in [-0.15, -0.1) is 0 Å². The lowest BCUT2D eigenvalue weighted by atomic mass is 9.33. The van der Waals surface area contributed by atoms with Crippen LogP contribution in [0.25, 0.3) is 0 Å². The van der Waals surface area contributed by atoms with Gasteiger partial charge in [-0.05, 0) is 105 Å². The summed E-state index contributed by atoms with van der Waals surface area (Å²) in [4.78, 5) is 39.9. The Labute approximate surface area is 301 Å². The number of esters is 3. The summed E-state index contributed by atoms with van der Waals surface area (Å²) in [5.74, 6) is -1.40. The van der Waals surface area contributed by atoms with Gasteiger partial charge in [0.05, 0.1) is 37.3 Å². The predicted octanol–water partition coefficient (Wildman–Crippen LogP) is 3.19. The van der Waals surface area contributed by atoms with Crippen molar-refractivity contribution >= 4 is 17.9 Å². The summed E-state index contributed by atoms with van der Waals surface area (Å²) in [6, 6.07) is 0. The van der Waals surface area contributed by atoms with Crippen LogP contribution >= 0.6 is 0 Å². The number of hydrogen-bond acceptors (Lipinski definition) is 12. The normalized spacial score (nSPS) is 50.7. The molecule has 0 aromatic carbocycles. The number of carbonyl (C=O) groups is 3. The molecule has 12 nitrogen and oxygen atoms in total. The van der Waals surface area contributed by atoms with Gasteiger partial charge in [0, 0.05) is 12.3 Å². The number of aliphatic hydroxyl groups is 5. The Kier molecular flexibility index (Phi) is 9.88. The molecule has 0 amide bonds. The van der Waals surface area contributed by atoms with E-state index >= 15 is 0 Å². The fourth-order valence-electron chi connectivity index (χ4n) is 12.5. The van der Waals surface area contributed by atoms with E-state index in [9.17, 15) is 39.9 Å². The molecule has 4 saturated carbocycles. The van der Waals surface area contributed by atoms with Gasteiger partial charge in [-0.1, -0.05) is 39.3 Å². The minimum Gasteiger partial charge on any atom is -0.469 e. The highest BCUT2D eigenvalue weighted by Gasteiger charge is 2.71. The Morgan fingerprint density at radius 1 is 0.863 bits per heavy atom. The van der Waals surface area contributed by atoms with E-state index in [1.54, 1.807) is 0 Å². The number of hydrogen-bond donors (Lipinski definition) is 5. The number of ether oxygens (including phenoxy) is 4. The van der Waals surface area contributed by atoms with Crippen LogP contribution in [0.1, 0.15) is 106 Å². The van der Waals surface area contributed by atoms with E-state index in [1.165, 1.54) is 19.6 Å². The minimum atomic E-state index is -1.71. The quantitative estimate of drug-likeness (QED) is 0.153. The zero-order valence-corrected chi connectivity index (χ0v) is 31.4. The smallest absolute Gasteiger partial charge is 0.315 e. The third kappa shape index (κ3) is 5.55. The van der Waals surface area contributed by atoms with Crippen LogP contribution in [0.15, 0.2) is 11.6 Å². The zero-order chi connectivity index (χ0) is 37.5. The van der Waals surface area contributed by atoms with Crippen molar-refractivity contribution < 1.29 is 58.9 Å². The molecule has 0 radical (unpaired) electrons. The molecule has 51 heavy (non-hydrogen) atoms. The largest absolute Gasteiger partial charge is 0.469 e. The molecular formula is C39H60O12. The molecule has 1 aliphatic heterocycles. The Balaban J connectivity index is 1.38. The van der Waals surface area contributed by atoms with Crippen molar-refractivity contribution in [3.63, 3.8) is 0 Å². The lowest BCUT2D eigenvalue weighted by molar-refractivity contribution is -0.297. The van der Waals surface area contributed by atoms with Crippen molar-refractivity contribution in [3.05, 3.63) is 11.6 Å². The number of carbonyl (C=O) groups excluding carboxylic acids is 3. The number of methoxy groups -OCH3 is 1. The average Bonchev–Trinajstić information content (AvgIpc) is 3.09. The second-order valence-electron chi connectivity index (χ2n) is 18.2. The third-order valence-electron chi connectivity index (χ3n) is 15.9. The van der Waals surface area contributed by atoms with E-state index in [0.29, 0.717) is 38.5 Å². The highest BCUT2D eigenvalue weighted by Crippen LogP contribution is 2.76. The van der Waals surface area contributed by atoms with Crippen LogP contribution in [0.5, 0.6) is 0 Å². The van der Waals surface area contributed by atoms with Crippen LogP contribution in [0.4, 0.5) is 0 Å². The van der Waals surface area contributed by atoms with Gasteiger partial charge in [0.15, 0.2) is 0 Å². The highest BCUT2D eigenvalue weighted by molar-refractivity contribution is 5.79. The average molecular weight is 721 g/mol. The second-order valence-corrected chi connectivity index (χ2v) is 18.2. The van der Waals surface area contributed by atoms with Crippen LogP contribution in [-0.2, 0) is 33.3 Å². The predicted molar refractivity (Wildman–Crippen MR) is 182 cm³/mol. The topological polar surface area (TPSA) is 189 Å². The Bertz CT molecular complexity index is 1430. The number of rotatable bonds is 6. The molecule has 0 aromatic heterocycles. The van der Waals surface area contributed by atoms with Crippen molar-refractivity contribution in [1.29, 1.82) is 0 Å². The molecule has 15 unspecified atom stereocenters. The van der Waals surface area contributed by atoms with Crippen molar-refractivity contribution in [1.82, 2.24) is 0 Å². The van der Waals surface area contributed by atoms with Gasteiger partial charge in [-0.25, -0.2) is 0 Å². The van der Waals surface area contributed by atoms with E-state index in [4.69, 9.17) is 18.9 Å². The van der Waals surface area contributed by atoms with Crippen LogP contribution in [0, 0.1) is 50.2 Å². The Hall–Kier alpha value is -2.09. The van der Waals surface area contributed by atoms with Crippen LogP contribution in [0.2, 0.25) is 0 Å². The monoisotopic (exact) mass is 720 g/mol. The van der Waals surface area contributed by atoms with Gasteiger partial charge in [-0.2, -0.15) is 0 Å². The molecule has 15 atom stereocenters. The molecule has 288 valence electrons. The molecular weight excluding hydrogens is 660 g/mol. The molecule has 5 fully saturated rings. The molecule has 1 saturated heterocycles. The SMILES string of the molecule is COC(=O)C1(C)C(O)CCC2(C)C1CCC1(C)C2CC=C2C3CC(C)(COC(C)=O)CCC3(C(=O)OC3OC(CO)C(O)C(O)C3O)CCC21C. The maximum atomic E-state index is 14.6. The maximum Gasteiger partial charge on any atom is 0.315 e. The molecule has 5 N–H and O–H groups in total. The van der Waals surface area contributed by atoms with Crippen LogP contribution < -0.4 is 0 Å². The molecule has 1 heterocycles. The van der Waals surface area contributed by atoms with Crippen molar-refractivity contribution in [2.75, 3.05) is 20.3 Å². The van der Waals surface area contributed by atoms with E-state index in [1.807, 2.05) is 6.92 Å². The lowest BCUT2D eigenvalue weighted by Crippen LogP contribution is -2.67. The van der Waals surface area contributed by atoms with Crippen LogP contribution in [0.3, 0.4) is 0 Å². The fourth-order valence-corrected chi connectivity index (χ4v) is 12.5. The van der Waals surface area contributed by atoms with E-state index in [-0.39, 0.29) is 52.5 Å². The van der Waals surface area contributed by atoms with Gasteiger partial charge >= 0.3 is 17.9 Å². The molecule has 5 aliphatic carbocycles. The summed E-state index contributed by atoms with van der Waals surface area (Å²) in [7, 11) is 1.39. The van der Waals surface area contributed by atoms with E-state index in [2.05, 4.69) is 33.8 Å². The van der Waals surface area contributed by atoms with Gasteiger partial charge in [-0.3, -0.25) is 14.4 Å². The first-order chi connectivity index (χ1) is 23.8. The Morgan fingerprint density at radius 3 is 2.20 bits per heavy atom. The molecule has 6 rings (SSSR count). The van der Waals surface area contributed by atoms with Gasteiger partial charge in [0.1, 0.15) is 24.4 Å². The molecule has 0 aromatic rings. The molecule has 12 heteroatoms. The van der Waals surface area contributed by atoms with E-state index < -0.39 is 65.6 Å². The fraction of sp³-hybridized carbons (Fsp3) is 0.872. The number of allylic oxidation sites excluding steroid dienone is 2. The van der Waals surface area contributed by atoms with Crippen molar-refractivity contribution in [3.8, 4) is 0 Å². The molecule has 0 spiro atoms. The summed E-state index contributed by atoms with van der Waals surface area (Å²) in [6.45, 7) is 12.0. The van der Waals surface area contributed by atoms with Gasteiger partial charge < -0.3 is 44.5 Å². The number of fused-ring (bicyclic) bond motifs is 7. The van der Waals surface area contributed by atoms with Crippen LogP contribution in [-0.4, -0.2) is 101 Å². The van der Waals surface area contributed by atoms with Gasteiger partial charge in [0.25, 0.3) is 0 Å². The van der Waals surface area contributed by atoms with E-state index in [0.717, 1.165) is 25.7 Å². The van der Waals surface area contributed by atoms with Crippen molar-refractivity contribution in [2.45, 2.75) is 143 Å². The first-order valence-corrected chi connectivity index (χ1v) is 18.9. The summed E-state index contributed by atoms with van der Waals surface area (Å²) < 4.78 is 22.4.